The van der Waals surface area contributed by atoms with E-state index in [-0.39, 0.29) is 0 Å². The molecule has 5 rings (SSSR count). The second kappa shape index (κ2) is 29.2. The summed E-state index contributed by atoms with van der Waals surface area (Å²) < 4.78 is 276. The molecule has 0 amide bonds. The highest BCUT2D eigenvalue weighted by atomic mass is 32.3. The first-order chi connectivity index (χ1) is 39.3. The van der Waals surface area contributed by atoms with Gasteiger partial charge in [-0.05, 0) is 0 Å². The first-order valence-corrected chi connectivity index (χ1v) is 30.4. The predicted octanol–water partition coefficient (Wildman–Crippen LogP) is -8.64. The van der Waals surface area contributed by atoms with Crippen molar-refractivity contribution in [3.8, 4) is 0 Å². The Kier molecular flexibility index (Phi) is 25.2. The maximum absolute atomic E-state index is 13.5. The molecule has 85 heavy (non-hydrogen) atoms. The number of hydrogen-bond donors (Lipinski definition) is 11. The van der Waals surface area contributed by atoms with Crippen LogP contribution in [0.2, 0.25) is 0 Å². The normalized spacial score (nSPS) is 40.8. The lowest BCUT2D eigenvalue weighted by Gasteiger charge is -2.52. The Morgan fingerprint density at radius 2 is 0.847 bits per heavy atom. The number of aliphatic hydroxyl groups is 4. The molecule has 11 N–H and O–H groups in total. The number of carbonyl (C=O) groups is 2. The van der Waals surface area contributed by atoms with E-state index in [0.717, 1.165) is 42.7 Å². The number of ether oxygens (including phenoxy) is 16. The minimum atomic E-state index is -6.27. The van der Waals surface area contributed by atoms with Crippen LogP contribution in [0.15, 0.2) is 0 Å². The number of hydrogen-bond acceptors (Lipinski definition) is 36. The second-order valence-corrected chi connectivity index (χ2v) is 24.1. The average molecular weight is 1360 g/mol. The minimum Gasteiger partial charge on any atom is -0.479 e. The summed E-state index contributed by atoms with van der Waals surface area (Å²) >= 11 is 0. The second-order valence-electron chi connectivity index (χ2n) is 18.2. The van der Waals surface area contributed by atoms with Gasteiger partial charge < -0.3 is 106 Å². The minimum absolute atomic E-state index is 0.629. The van der Waals surface area contributed by atoms with Crippen LogP contribution in [0.1, 0.15) is 0 Å². The Hall–Kier alpha value is -2.47. The van der Waals surface area contributed by atoms with E-state index in [4.69, 9.17) is 75.8 Å². The molecule has 5 fully saturated rings. The molecule has 48 heteroatoms. The van der Waals surface area contributed by atoms with Gasteiger partial charge in [0.15, 0.2) is 43.5 Å². The summed E-state index contributed by atoms with van der Waals surface area (Å²) in [7, 11) is -22.1. The summed E-state index contributed by atoms with van der Waals surface area (Å²) in [5.41, 5.74) is 0. The molecule has 43 nitrogen and oxygen atoms in total. The number of carboxylic acid groups (broad SMARTS) is 2. The molecular formula is C37H62O43S5. The zero-order valence-corrected chi connectivity index (χ0v) is 48.6. The first kappa shape index (κ1) is 73.3. The van der Waals surface area contributed by atoms with Gasteiger partial charge in [0.1, 0.15) is 97.7 Å². The molecule has 0 aliphatic carbocycles. The summed E-state index contributed by atoms with van der Waals surface area (Å²) in [5.74, 6) is -4.16. The van der Waals surface area contributed by atoms with Crippen molar-refractivity contribution in [3.63, 3.8) is 0 Å². The molecule has 5 heterocycles. The Bertz CT molecular complexity index is 2810. The van der Waals surface area contributed by atoms with Crippen molar-refractivity contribution in [2.45, 2.75) is 152 Å². The van der Waals surface area contributed by atoms with Crippen LogP contribution >= 0.6 is 0 Å². The van der Waals surface area contributed by atoms with E-state index < -0.39 is 236 Å². The molecule has 5 aliphatic heterocycles. The van der Waals surface area contributed by atoms with Gasteiger partial charge in [0.25, 0.3) is 4.93 Å². The van der Waals surface area contributed by atoms with E-state index >= 15 is 0 Å². The van der Waals surface area contributed by atoms with Gasteiger partial charge in [-0.3, -0.25) is 22.8 Å². The van der Waals surface area contributed by atoms with E-state index in [1.54, 1.807) is 0 Å². The van der Waals surface area contributed by atoms with Crippen molar-refractivity contribution < 1.29 is 198 Å². The predicted molar refractivity (Wildman–Crippen MR) is 253 cm³/mol. The van der Waals surface area contributed by atoms with Gasteiger partial charge in [-0.15, -0.1) is 0 Å². The zero-order valence-electron chi connectivity index (χ0n) is 44.5. The molecule has 5 aliphatic rings. The van der Waals surface area contributed by atoms with Crippen LogP contribution in [0.3, 0.4) is 0 Å². The number of aliphatic hydroxyl groups excluding tert-OH is 3. The maximum Gasteiger partial charge on any atom is 0.397 e. The van der Waals surface area contributed by atoms with E-state index in [9.17, 15) is 105 Å². The van der Waals surface area contributed by atoms with Crippen molar-refractivity contribution >= 4 is 63.7 Å². The topological polar surface area (TPSA) is 612 Å². The van der Waals surface area contributed by atoms with Crippen LogP contribution < -0.4 is 0 Å². The fraction of sp³-hybridized carbons (Fsp3) is 0.946. The van der Waals surface area contributed by atoms with Gasteiger partial charge >= 0.3 is 63.7 Å². The highest BCUT2D eigenvalue weighted by molar-refractivity contribution is 7.87. The highest BCUT2D eigenvalue weighted by Crippen LogP contribution is 2.43. The summed E-state index contributed by atoms with van der Waals surface area (Å²) in [6.45, 7) is -3.88. The molecular weight excluding hydrogens is 1290 g/mol. The molecule has 0 aromatic carbocycles. The van der Waals surface area contributed by atoms with Crippen molar-refractivity contribution in [1.29, 1.82) is 0 Å². The van der Waals surface area contributed by atoms with Gasteiger partial charge in [-0.25, -0.2) is 26.3 Å². The zero-order chi connectivity index (χ0) is 64.3. The molecule has 0 radical (unpaired) electrons. The Morgan fingerprint density at radius 3 is 1.28 bits per heavy atom. The Labute approximate surface area is 481 Å². The quantitative estimate of drug-likeness (QED) is 0.0310. The number of methoxy groups -OCH3 is 7. The first-order valence-electron chi connectivity index (χ1n) is 23.5. The van der Waals surface area contributed by atoms with Gasteiger partial charge in [-0.2, -0.15) is 42.1 Å². The van der Waals surface area contributed by atoms with Crippen LogP contribution in [0.25, 0.3) is 0 Å². The summed E-state index contributed by atoms with van der Waals surface area (Å²) in [5, 5.41) is 66.7. The molecule has 498 valence electrons. The Morgan fingerprint density at radius 1 is 0.424 bits per heavy atom. The molecule has 0 bridgehead atoms. The molecule has 5 saturated heterocycles. The molecule has 1 unspecified atom stereocenters. The monoisotopic (exact) mass is 1350 g/mol. The lowest BCUT2D eigenvalue weighted by atomic mass is 9.94. The van der Waals surface area contributed by atoms with Gasteiger partial charge in [0.05, 0.1) is 19.8 Å². The third-order valence-electron chi connectivity index (χ3n) is 13.2. The smallest absolute Gasteiger partial charge is 0.397 e. The van der Waals surface area contributed by atoms with Crippen molar-refractivity contribution in [1.82, 2.24) is 0 Å². The molecule has 0 aromatic rings. The van der Waals surface area contributed by atoms with Crippen LogP contribution in [0.5, 0.6) is 0 Å². The van der Waals surface area contributed by atoms with Crippen molar-refractivity contribution in [2.75, 3.05) is 69.6 Å². The van der Waals surface area contributed by atoms with Crippen molar-refractivity contribution in [3.05, 3.63) is 0 Å². The van der Waals surface area contributed by atoms with E-state index in [0.29, 0.717) is 7.11 Å². The molecule has 0 spiro atoms. The van der Waals surface area contributed by atoms with Gasteiger partial charge in [0, 0.05) is 49.8 Å². The SMILES string of the molecule is CO[C@H]1O[C@@H](COS(=O)(=O)O)[C@@H](O[C@@H]2OC(C(=O)O)[C@@H](O[C@H]3O[C@@H](CO)[C@@H](O[C@H]4O[C@@H](C(=O)O)[C@H](O[C@@H]5O[C@@H](COS(=O)(=O)O)[C@H](OC)[C@H](OC)[C@H]5OC)[C@H](O)[C@H]4O)[C@H](OC)[C@@]3(O)S(=O)(=O)O)[C@@H](OC)[C@@H]2OC)[C@@H](OS(=O)(=O)O)[C@@H]1OS(=O)(=O)O. The van der Waals surface area contributed by atoms with Gasteiger partial charge in [-0.1, -0.05) is 0 Å². The summed E-state index contributed by atoms with van der Waals surface area (Å²) in [4.78, 5) is 21.8. The van der Waals surface area contributed by atoms with Crippen molar-refractivity contribution in [2.24, 2.45) is 0 Å². The van der Waals surface area contributed by atoms with Crippen LogP contribution in [0.4, 0.5) is 0 Å². The lowest BCUT2D eigenvalue weighted by Crippen LogP contribution is -2.74. The van der Waals surface area contributed by atoms with E-state index in [2.05, 4.69) is 16.7 Å². The summed E-state index contributed by atoms with van der Waals surface area (Å²) in [6.07, 6.45) is -54.6. The van der Waals surface area contributed by atoms with E-state index in [1.165, 1.54) is 0 Å². The van der Waals surface area contributed by atoms with E-state index in [1.807, 2.05) is 0 Å². The highest BCUT2D eigenvalue weighted by Gasteiger charge is 2.68. The third-order valence-corrected chi connectivity index (χ3v) is 16.3. The third kappa shape index (κ3) is 17.3. The maximum atomic E-state index is 13.5. The standard InChI is InChI=1S/C37H62O43S5/c1-61-16-12(9-68-82(49,50)51)71-34(26(64-4)20(16)62-2)75-19-14(39)15(40)32(76-24(19)30(41)42)74-18-11(8-38)72-36(37(45,29(18)66-6)81(46,47)48)78-22-21(63-3)27(65-5)35(77-25(22)31(43)44)73-17-13(10-69-83(52,53)54)70-33(67-7)28(80-85(58,59)60)23(17)79-84(55,56)57/h11-29,32-36,38-40,45H,8-10H2,1-7H3,(H,41,42)(H,43,44)(H,46,47,48)(H,49,50,51)(H,52,53,54)(H,55,56,57)(H,58,59,60)/t11-,12-,13-,14+,15+,16-,17+,18+,19+,20-,21+,22-,23+,24+,25?,26+,27-,28-,29-,32-,33-,34-,35+,36+,37+/m0/s1. The van der Waals surface area contributed by atoms with Crippen LogP contribution in [-0.2, 0) is 154 Å². The number of rotatable bonds is 29. The molecule has 0 saturated carbocycles. The van der Waals surface area contributed by atoms with Crippen LogP contribution in [-0.4, -0.2) is 329 Å². The largest absolute Gasteiger partial charge is 0.479 e. The Balaban J connectivity index is 1.49. The summed E-state index contributed by atoms with van der Waals surface area (Å²) in [6, 6.07) is 0. The van der Waals surface area contributed by atoms with Gasteiger partial charge in [0.2, 0.25) is 6.29 Å². The average Bonchev–Trinajstić information content (AvgIpc) is 0.832. The van der Waals surface area contributed by atoms with Crippen LogP contribution in [0, 0.1) is 0 Å². The lowest BCUT2D eigenvalue weighted by molar-refractivity contribution is -0.396. The molecule has 0 aromatic heterocycles. The molecule has 25 atom stereocenters. The number of carboxylic acids is 2. The fourth-order valence-corrected chi connectivity index (χ4v) is 12.2. The number of aliphatic carboxylic acids is 2. The fourth-order valence-electron chi connectivity index (χ4n) is 9.69.